The van der Waals surface area contributed by atoms with Crippen molar-refractivity contribution in [2.45, 2.75) is 13.5 Å². The number of benzene rings is 1. The molecule has 0 bridgehead atoms. The minimum absolute atomic E-state index is 0.200. The van der Waals surface area contributed by atoms with E-state index in [0.29, 0.717) is 30.1 Å². The van der Waals surface area contributed by atoms with E-state index in [2.05, 4.69) is 10.4 Å². The Morgan fingerprint density at radius 3 is 2.90 bits per heavy atom. The van der Waals surface area contributed by atoms with E-state index in [9.17, 15) is 4.79 Å². The van der Waals surface area contributed by atoms with Gasteiger partial charge in [-0.05, 0) is 24.6 Å². The Labute approximate surface area is 117 Å². The van der Waals surface area contributed by atoms with E-state index in [-0.39, 0.29) is 5.91 Å². The molecule has 0 saturated heterocycles. The molecule has 1 aromatic heterocycles. The van der Waals surface area contributed by atoms with E-state index in [4.69, 9.17) is 10.5 Å². The molecule has 6 nitrogen and oxygen atoms in total. The summed E-state index contributed by atoms with van der Waals surface area (Å²) >= 11 is 0. The predicted molar refractivity (Wildman–Crippen MR) is 76.7 cm³/mol. The van der Waals surface area contributed by atoms with E-state index in [1.807, 2.05) is 13.1 Å². The van der Waals surface area contributed by atoms with Gasteiger partial charge in [0.15, 0.2) is 0 Å². The Balaban J connectivity index is 1.91. The van der Waals surface area contributed by atoms with E-state index < -0.39 is 0 Å². The number of methoxy groups -OCH3 is 1. The molecule has 1 aromatic carbocycles. The third-order valence-corrected chi connectivity index (χ3v) is 2.89. The third-order valence-electron chi connectivity index (χ3n) is 2.89. The van der Waals surface area contributed by atoms with Gasteiger partial charge in [0.1, 0.15) is 5.75 Å². The van der Waals surface area contributed by atoms with Crippen molar-refractivity contribution in [3.8, 4) is 5.75 Å². The normalized spacial score (nSPS) is 10.3. The van der Waals surface area contributed by atoms with Gasteiger partial charge in [-0.3, -0.25) is 9.48 Å². The van der Waals surface area contributed by atoms with Crippen LogP contribution in [0.15, 0.2) is 30.6 Å². The van der Waals surface area contributed by atoms with Gasteiger partial charge in [-0.15, -0.1) is 0 Å². The van der Waals surface area contributed by atoms with Gasteiger partial charge in [-0.25, -0.2) is 0 Å². The van der Waals surface area contributed by atoms with Crippen LogP contribution in [0.5, 0.6) is 5.75 Å². The quantitative estimate of drug-likeness (QED) is 0.803. The lowest BCUT2D eigenvalue weighted by Crippen LogP contribution is -2.28. The first-order valence-corrected chi connectivity index (χ1v) is 6.31. The Bertz CT molecular complexity index is 607. The van der Waals surface area contributed by atoms with Crippen LogP contribution in [0, 0.1) is 6.92 Å². The number of ether oxygens (including phenoxy) is 1. The second-order valence-corrected chi connectivity index (χ2v) is 4.49. The summed E-state index contributed by atoms with van der Waals surface area (Å²) in [4.78, 5) is 12.0. The first kappa shape index (κ1) is 13.9. The Kier molecular flexibility index (Phi) is 4.24. The molecular formula is C14H18N4O2. The fraction of sp³-hybridized carbons (Fsp3) is 0.286. The summed E-state index contributed by atoms with van der Waals surface area (Å²) in [5.74, 6) is 0.431. The van der Waals surface area contributed by atoms with Crippen LogP contribution in [0.4, 0.5) is 5.69 Å². The highest BCUT2D eigenvalue weighted by atomic mass is 16.5. The zero-order valence-electron chi connectivity index (χ0n) is 11.6. The van der Waals surface area contributed by atoms with Gasteiger partial charge >= 0.3 is 0 Å². The molecule has 0 atom stereocenters. The molecule has 106 valence electrons. The summed E-state index contributed by atoms with van der Waals surface area (Å²) in [5, 5.41) is 6.96. The number of hydrogen-bond acceptors (Lipinski definition) is 4. The summed E-state index contributed by atoms with van der Waals surface area (Å²) in [6, 6.07) is 5.00. The summed E-state index contributed by atoms with van der Waals surface area (Å²) in [5.41, 5.74) is 7.77. The lowest BCUT2D eigenvalue weighted by Gasteiger charge is -2.09. The zero-order valence-corrected chi connectivity index (χ0v) is 11.6. The number of aromatic nitrogens is 2. The van der Waals surface area contributed by atoms with Crippen molar-refractivity contribution in [2.24, 2.45) is 0 Å². The standard InChI is InChI=1S/C14H18N4O2/c1-10-8-17-18(9-10)6-5-16-14(19)12-4-3-11(20-2)7-13(12)15/h3-4,7-9H,5-6,15H2,1-2H3,(H,16,19). The van der Waals surface area contributed by atoms with Crippen LogP contribution in [-0.2, 0) is 6.54 Å². The number of carbonyl (C=O) groups excluding carboxylic acids is 1. The van der Waals surface area contributed by atoms with Crippen molar-refractivity contribution in [3.05, 3.63) is 41.7 Å². The van der Waals surface area contributed by atoms with Crippen LogP contribution in [0.25, 0.3) is 0 Å². The second-order valence-electron chi connectivity index (χ2n) is 4.49. The zero-order chi connectivity index (χ0) is 14.5. The maximum atomic E-state index is 12.0. The highest BCUT2D eigenvalue weighted by molar-refractivity contribution is 5.99. The van der Waals surface area contributed by atoms with Crippen molar-refractivity contribution in [1.82, 2.24) is 15.1 Å². The number of nitrogens with zero attached hydrogens (tertiary/aromatic N) is 2. The fourth-order valence-electron chi connectivity index (χ4n) is 1.84. The first-order chi connectivity index (χ1) is 9.60. The maximum absolute atomic E-state index is 12.0. The Morgan fingerprint density at radius 1 is 1.50 bits per heavy atom. The number of nitrogens with two attached hydrogens (primary N) is 1. The van der Waals surface area contributed by atoms with Crippen LogP contribution >= 0.6 is 0 Å². The first-order valence-electron chi connectivity index (χ1n) is 6.31. The summed E-state index contributed by atoms with van der Waals surface area (Å²) in [6.45, 7) is 3.08. The van der Waals surface area contributed by atoms with Gasteiger partial charge in [-0.1, -0.05) is 0 Å². The molecule has 0 saturated carbocycles. The van der Waals surface area contributed by atoms with Crippen molar-refractivity contribution in [2.75, 3.05) is 19.4 Å². The second kappa shape index (κ2) is 6.10. The highest BCUT2D eigenvalue weighted by Crippen LogP contribution is 2.19. The Morgan fingerprint density at radius 2 is 2.30 bits per heavy atom. The van der Waals surface area contributed by atoms with E-state index >= 15 is 0 Å². The number of nitrogens with one attached hydrogen (secondary N) is 1. The number of carbonyl (C=O) groups is 1. The molecule has 1 heterocycles. The maximum Gasteiger partial charge on any atom is 0.253 e. The molecule has 0 aliphatic rings. The van der Waals surface area contributed by atoms with Gasteiger partial charge in [0.2, 0.25) is 0 Å². The molecule has 1 amide bonds. The van der Waals surface area contributed by atoms with Crippen LogP contribution in [0.2, 0.25) is 0 Å². The summed E-state index contributed by atoms with van der Waals surface area (Å²) in [7, 11) is 1.56. The molecule has 0 radical (unpaired) electrons. The monoisotopic (exact) mass is 274 g/mol. The molecule has 3 N–H and O–H groups in total. The topological polar surface area (TPSA) is 82.2 Å². The lowest BCUT2D eigenvalue weighted by molar-refractivity contribution is 0.0953. The predicted octanol–water partition coefficient (Wildman–Crippen LogP) is 1.21. The Hall–Kier alpha value is -2.50. The molecule has 2 rings (SSSR count). The average molecular weight is 274 g/mol. The minimum atomic E-state index is -0.200. The number of rotatable bonds is 5. The molecule has 0 spiro atoms. The number of amides is 1. The molecule has 0 aliphatic heterocycles. The van der Waals surface area contributed by atoms with Crippen molar-refractivity contribution >= 4 is 11.6 Å². The number of nitrogen functional groups attached to an aromatic ring is 1. The van der Waals surface area contributed by atoms with Crippen molar-refractivity contribution in [3.63, 3.8) is 0 Å². The van der Waals surface area contributed by atoms with Gasteiger partial charge in [0.25, 0.3) is 5.91 Å². The molecule has 20 heavy (non-hydrogen) atoms. The summed E-state index contributed by atoms with van der Waals surface area (Å²) in [6.07, 6.45) is 3.71. The molecule has 0 fully saturated rings. The molecule has 0 aliphatic carbocycles. The number of aryl methyl sites for hydroxylation is 1. The highest BCUT2D eigenvalue weighted by Gasteiger charge is 2.09. The van der Waals surface area contributed by atoms with Crippen LogP contribution in [0.3, 0.4) is 0 Å². The summed E-state index contributed by atoms with van der Waals surface area (Å²) < 4.78 is 6.83. The van der Waals surface area contributed by atoms with Gasteiger partial charge in [0, 0.05) is 24.5 Å². The molecule has 2 aromatic rings. The van der Waals surface area contributed by atoms with Crippen LogP contribution < -0.4 is 15.8 Å². The smallest absolute Gasteiger partial charge is 0.253 e. The molecular weight excluding hydrogens is 256 g/mol. The minimum Gasteiger partial charge on any atom is -0.497 e. The largest absolute Gasteiger partial charge is 0.497 e. The van der Waals surface area contributed by atoms with Gasteiger partial charge in [0.05, 0.1) is 25.4 Å². The molecule has 0 unspecified atom stereocenters. The number of anilines is 1. The molecule has 6 heteroatoms. The number of hydrogen-bond donors (Lipinski definition) is 2. The van der Waals surface area contributed by atoms with Gasteiger partial charge in [-0.2, -0.15) is 5.10 Å². The van der Waals surface area contributed by atoms with Crippen LogP contribution in [-0.4, -0.2) is 29.3 Å². The van der Waals surface area contributed by atoms with E-state index in [1.54, 1.807) is 36.2 Å². The van der Waals surface area contributed by atoms with E-state index in [1.165, 1.54) is 0 Å². The van der Waals surface area contributed by atoms with Gasteiger partial charge < -0.3 is 15.8 Å². The fourth-order valence-corrected chi connectivity index (χ4v) is 1.84. The van der Waals surface area contributed by atoms with Crippen LogP contribution in [0.1, 0.15) is 15.9 Å². The van der Waals surface area contributed by atoms with Crippen molar-refractivity contribution in [1.29, 1.82) is 0 Å². The SMILES string of the molecule is COc1ccc(C(=O)NCCn2cc(C)cn2)c(N)c1. The lowest BCUT2D eigenvalue weighted by atomic mass is 10.1. The third kappa shape index (κ3) is 3.28. The van der Waals surface area contributed by atoms with Crippen molar-refractivity contribution < 1.29 is 9.53 Å². The average Bonchev–Trinajstić information content (AvgIpc) is 2.84. The van der Waals surface area contributed by atoms with E-state index in [0.717, 1.165) is 5.56 Å².